The second-order valence-corrected chi connectivity index (χ2v) is 27.0. The van der Waals surface area contributed by atoms with Gasteiger partial charge in [0.2, 0.25) is 0 Å². The molecule has 0 aliphatic carbocycles. The molecule has 12 nitrogen and oxygen atoms in total. The first-order valence-corrected chi connectivity index (χ1v) is 49.8. The number of hydrogen-bond donors (Lipinski definition) is 8. The summed E-state index contributed by atoms with van der Waals surface area (Å²) >= 11 is 3.00. The summed E-state index contributed by atoms with van der Waals surface area (Å²) in [6.07, 6.45) is 1.89. The standard InChI is InChI=1S/C95H72N8O4.2Zn/c104-94(68-38-34-66(35-39-68)92-82-54-50-78(100-82)88(62-26-12-3-13-27-62)74-46-42-70(96-74)86(60-22-8-1-9-23-60)71-43-47-75(97-71)89(63-28-14-4-15-29-63)79-51-55-83(92)101-79)106-58-20-7-21-59-107-95(105)69-40-36-67(37-41-69)93-84-56-52-80(102-84)90(64-30-16-5-17-31-64)76-48-44-72(98-76)87(61-24-10-2-11-25-61)73-45-49-77(99-73)91(65-32-18-6-19-33-65)81-53-57-85(93)103-81;;/h1-6,8-19,22-57,96-103H,7,20-21,58-59H2;;. The van der Waals surface area contributed by atoms with Crippen LogP contribution in [0.25, 0.3) is 44.6 Å². The quantitative estimate of drug-likeness (QED) is 0.0273. The molecule has 0 radical (unpaired) electrons. The minimum atomic E-state index is -0.410. The SMILES string of the molecule is O=C(OCCCCCOC(=O)c1ccc(C2=c3ccc([nH]3)=C(c3ccccc3)c3ccc([nH]3)C(c3ccccc3)=c3ccc([nH]3)=C(c3ccccc3)c3ccc2[nH]3)cc1)c1ccc(C2=c3ccc([nH]3)=C(c3ccccc3)c3ccc([nH]3)C(c3ccccc3)=c3ccc([nH]3)=C(c3ccccc3)c3ccc2[nH]3)cc1.[Zn]=[Zn]. The third-order valence-corrected chi connectivity index (χ3v) is 20.2. The van der Waals surface area contributed by atoms with Crippen molar-refractivity contribution in [3.63, 3.8) is 0 Å². The number of unbranched alkanes of at least 4 members (excludes halogenated alkanes) is 2. The van der Waals surface area contributed by atoms with Crippen LogP contribution in [-0.2, 0) is 39.9 Å². The van der Waals surface area contributed by atoms with Crippen LogP contribution in [0.1, 0.15) is 130 Å². The van der Waals surface area contributed by atoms with Crippen LogP contribution in [-0.4, -0.2) is 65.0 Å². The van der Waals surface area contributed by atoms with Gasteiger partial charge in [-0.15, -0.1) is 0 Å². The molecular weight excluding hydrogens is 1450 g/mol. The summed E-state index contributed by atoms with van der Waals surface area (Å²) in [6, 6.07) is 113. The van der Waals surface area contributed by atoms with Gasteiger partial charge in [-0.2, -0.15) is 0 Å². The molecule has 8 aromatic heterocycles. The second-order valence-electron chi connectivity index (χ2n) is 27.0. The Kier molecular flexibility index (Phi) is 19.9. The van der Waals surface area contributed by atoms with Crippen LogP contribution in [0.4, 0.5) is 0 Å². The normalized spacial score (nSPS) is 12.6. The fourth-order valence-electron chi connectivity index (χ4n) is 15.2. The monoisotopic (exact) mass is 1520 g/mol. The van der Waals surface area contributed by atoms with Crippen LogP contribution >= 0.6 is 0 Å². The van der Waals surface area contributed by atoms with Crippen LogP contribution in [0, 0.1) is 0 Å². The summed E-state index contributed by atoms with van der Waals surface area (Å²) in [5.74, 6) is -0.820. The molecule has 0 atom stereocenters. The van der Waals surface area contributed by atoms with Gasteiger partial charge in [-0.3, -0.25) is 0 Å². The summed E-state index contributed by atoms with van der Waals surface area (Å²) < 4.78 is 11.8. The van der Waals surface area contributed by atoms with Crippen molar-refractivity contribution in [3.8, 4) is 0 Å². The molecule has 2 aliphatic rings. The number of carbonyl (C=O) groups excluding carboxylic acids is 2. The molecule has 0 saturated carbocycles. The van der Waals surface area contributed by atoms with Crippen LogP contribution in [0.5, 0.6) is 0 Å². The third kappa shape index (κ3) is 14.2. The van der Waals surface area contributed by atoms with E-state index in [2.05, 4.69) is 283 Å². The zero-order valence-electron chi connectivity index (χ0n) is 59.8. The first kappa shape index (κ1) is 69.2. The van der Waals surface area contributed by atoms with Crippen molar-refractivity contribution in [2.45, 2.75) is 19.3 Å². The van der Waals surface area contributed by atoms with Crippen molar-refractivity contribution >= 4 is 56.5 Å². The van der Waals surface area contributed by atoms with Gasteiger partial charge in [-0.25, -0.2) is 9.59 Å². The molecule has 8 N–H and O–H groups in total. The molecule has 16 aromatic rings. The predicted octanol–water partition coefficient (Wildman–Crippen LogP) is 13.1. The molecule has 0 saturated heterocycles. The molecule has 520 valence electrons. The number of carbonyl (C=O) groups is 2. The topological polar surface area (TPSA) is 179 Å². The molecule has 8 aromatic carbocycles. The Labute approximate surface area is 645 Å². The van der Waals surface area contributed by atoms with Gasteiger partial charge in [0.25, 0.3) is 0 Å². The van der Waals surface area contributed by atoms with Crippen molar-refractivity contribution < 1.29 is 49.5 Å². The first-order valence-electron chi connectivity index (χ1n) is 36.8. The van der Waals surface area contributed by atoms with Crippen molar-refractivity contribution in [3.05, 3.63) is 472 Å². The number of H-pyrrole nitrogens is 8. The summed E-state index contributed by atoms with van der Waals surface area (Å²) in [5.41, 5.74) is 24.7. The number of esters is 2. The molecule has 16 bridgehead atoms. The zero-order chi connectivity index (χ0) is 73.6. The van der Waals surface area contributed by atoms with E-state index in [1.807, 2.05) is 84.9 Å². The van der Waals surface area contributed by atoms with Crippen LogP contribution in [0.3, 0.4) is 0 Å². The van der Waals surface area contributed by atoms with E-state index in [0.29, 0.717) is 30.4 Å². The van der Waals surface area contributed by atoms with Gasteiger partial charge in [0.1, 0.15) is 0 Å². The second kappa shape index (κ2) is 31.3. The van der Waals surface area contributed by atoms with E-state index < -0.39 is 11.9 Å². The Morgan fingerprint density at radius 3 is 0.560 bits per heavy atom. The van der Waals surface area contributed by atoms with E-state index in [4.69, 9.17) is 9.47 Å². The van der Waals surface area contributed by atoms with Gasteiger partial charge in [0, 0.05) is 133 Å². The average Bonchev–Trinajstić information content (AvgIpc) is 1.63. The number of ether oxygens (including phenoxy) is 2. The Morgan fingerprint density at radius 2 is 0.376 bits per heavy atom. The molecule has 109 heavy (non-hydrogen) atoms. The Bertz CT molecular complexity index is 6160. The van der Waals surface area contributed by atoms with Crippen molar-refractivity contribution in [1.82, 2.24) is 39.9 Å². The molecule has 0 amide bonds. The predicted molar refractivity (Wildman–Crippen MR) is 422 cm³/mol. The minimum absolute atomic E-state index is 0.218. The maximum absolute atomic E-state index is 13.8. The average molecular weight is 1520 g/mol. The van der Waals surface area contributed by atoms with Crippen molar-refractivity contribution in [2.75, 3.05) is 13.2 Å². The van der Waals surface area contributed by atoms with Crippen molar-refractivity contribution in [1.29, 1.82) is 0 Å². The summed E-state index contributed by atoms with van der Waals surface area (Å²) in [7, 11) is 0. The number of benzene rings is 8. The summed E-state index contributed by atoms with van der Waals surface area (Å²) in [4.78, 5) is 58.5. The number of nitrogens with one attached hydrogen (secondary N) is 8. The van der Waals surface area contributed by atoms with E-state index in [0.717, 1.165) is 177 Å². The fourth-order valence-corrected chi connectivity index (χ4v) is 15.2. The van der Waals surface area contributed by atoms with Gasteiger partial charge >= 0.3 is 42.4 Å². The molecule has 2 aliphatic heterocycles. The molecule has 14 heteroatoms. The molecule has 0 fully saturated rings. The summed E-state index contributed by atoms with van der Waals surface area (Å²) in [6.45, 7) is 0.435. The van der Waals surface area contributed by atoms with E-state index in [9.17, 15) is 9.59 Å². The van der Waals surface area contributed by atoms with E-state index in [1.165, 1.54) is 30.4 Å². The maximum atomic E-state index is 13.8. The van der Waals surface area contributed by atoms with E-state index in [1.54, 1.807) is 0 Å². The number of aromatic amines is 8. The zero-order valence-corrected chi connectivity index (χ0v) is 65.7. The number of hydrogen-bond acceptors (Lipinski definition) is 4. The van der Waals surface area contributed by atoms with Gasteiger partial charge in [0.05, 0.1) is 24.3 Å². The number of fused-ring (bicyclic) bond motifs is 16. The van der Waals surface area contributed by atoms with E-state index in [-0.39, 0.29) is 13.2 Å². The van der Waals surface area contributed by atoms with Gasteiger partial charge in [0.15, 0.2) is 0 Å². The van der Waals surface area contributed by atoms with Gasteiger partial charge in [-0.1, -0.05) is 206 Å². The molecule has 18 rings (SSSR count). The third-order valence-electron chi connectivity index (χ3n) is 20.2. The Balaban J connectivity index is 0.00000431. The van der Waals surface area contributed by atoms with E-state index >= 15 is 0 Å². The van der Waals surface area contributed by atoms with Crippen LogP contribution in [0.2, 0.25) is 0 Å². The first-order chi connectivity index (χ1) is 53.9. The molecule has 0 unspecified atom stereocenters. The Hall–Kier alpha value is -12.9. The molecular formula is C95H72N8O4Zn2. The van der Waals surface area contributed by atoms with Crippen molar-refractivity contribution in [2.24, 2.45) is 0 Å². The van der Waals surface area contributed by atoms with Crippen LogP contribution in [0.15, 0.2) is 328 Å². The van der Waals surface area contributed by atoms with Gasteiger partial charge in [-0.05, 0) is 185 Å². The fraction of sp³-hybridized carbons (Fsp3) is 0.0526. The summed E-state index contributed by atoms with van der Waals surface area (Å²) in [5, 5.41) is 7.54. The number of rotatable bonds is 16. The van der Waals surface area contributed by atoms with Crippen LogP contribution < -0.4 is 42.8 Å². The van der Waals surface area contributed by atoms with Gasteiger partial charge < -0.3 is 49.3 Å². The molecule has 0 spiro atoms. The number of aromatic nitrogens is 8. The molecule has 10 heterocycles. The Morgan fingerprint density at radius 1 is 0.202 bits per heavy atom.